The predicted octanol–water partition coefficient (Wildman–Crippen LogP) is 13.2. The summed E-state index contributed by atoms with van der Waals surface area (Å²) >= 11 is 0. The Morgan fingerprint density at radius 3 is 0.580 bits per heavy atom. The van der Waals surface area contributed by atoms with Crippen LogP contribution in [-0.2, 0) is 0 Å². The van der Waals surface area contributed by atoms with Crippen LogP contribution in [0.3, 0.4) is 0 Å². The summed E-state index contributed by atoms with van der Waals surface area (Å²) in [5.74, 6) is 0.969. The zero-order chi connectivity index (χ0) is 35.6. The molecule has 1 N–H and O–H groups in total. The van der Waals surface area contributed by atoms with Crippen molar-refractivity contribution in [1.82, 2.24) is 0 Å². The van der Waals surface area contributed by atoms with Gasteiger partial charge in [-0.05, 0) is 12.8 Å². The van der Waals surface area contributed by atoms with Crippen LogP contribution in [0.2, 0.25) is 0 Å². The van der Waals surface area contributed by atoms with Crippen LogP contribution in [0.5, 0.6) is 0 Å². The van der Waals surface area contributed by atoms with Gasteiger partial charge in [-0.1, -0.05) is 271 Å². The van der Waals surface area contributed by atoms with E-state index >= 15 is 0 Å². The average Bonchev–Trinajstić information content (AvgIpc) is 3.09. The molecule has 0 saturated heterocycles. The van der Waals surface area contributed by atoms with Crippen LogP contribution in [-0.4, -0.2) is 20.6 Å². The third-order valence-electron chi connectivity index (χ3n) is 11.6. The normalized spacial score (nSPS) is 11.6. The van der Waals surface area contributed by atoms with E-state index in [4.69, 9.17) is 0 Å². The quantitative estimate of drug-likeness (QED) is 0.0597. The fraction of sp³-hybridized carbons (Fsp3) is 1.00. The molecule has 50 heavy (non-hydrogen) atoms. The Bertz CT molecular complexity index is 518. The Kier molecular flexibility index (Phi) is 49.5. The summed E-state index contributed by atoms with van der Waals surface area (Å²) in [6.45, 7) is 6.01. The Balaban J connectivity index is 0. The van der Waals surface area contributed by atoms with Crippen molar-refractivity contribution in [2.24, 2.45) is 5.92 Å². The van der Waals surface area contributed by atoms with Gasteiger partial charge in [0.2, 0.25) is 0 Å². The average molecular weight is 727 g/mol. The van der Waals surface area contributed by atoms with Gasteiger partial charge in [0.15, 0.2) is 0 Å². The standard InChI is InChI=1S/C48H99N.ClH/c1-5-7-9-11-13-15-17-19-21-23-25-27-29-31-33-35-37-39-41-43-45-48(47-49(3)4)46-44-42-40-38-36-34-32-30-28-26-24-22-20-18-16-14-12-10-8-6-2;/h48H,5-47H2,1-4H3;1H. The maximum absolute atomic E-state index is 2.36. The summed E-state index contributed by atoms with van der Waals surface area (Å²) < 4.78 is 0. The molecule has 2 heteroatoms. The summed E-state index contributed by atoms with van der Waals surface area (Å²) in [6.07, 6.45) is 62.1. The first-order valence-electron chi connectivity index (χ1n) is 24.0. The predicted molar refractivity (Wildman–Crippen MR) is 226 cm³/mol. The minimum atomic E-state index is 0. The zero-order valence-corrected chi connectivity index (χ0v) is 36.6. The van der Waals surface area contributed by atoms with Crippen molar-refractivity contribution in [3.8, 4) is 0 Å². The molecule has 0 heterocycles. The number of quaternary nitrogens is 1. The molecule has 0 aliphatic heterocycles. The SMILES string of the molecule is CCCCCCCCCCCCCCCCCCCCCCC(CCCCCCCCCCCCCCCCCCCCCC)C[NH+](C)C.[Cl-]. The molecule has 0 saturated carbocycles. The Morgan fingerprint density at radius 1 is 0.260 bits per heavy atom. The molecule has 0 radical (unpaired) electrons. The first-order chi connectivity index (χ1) is 24.2. The maximum atomic E-state index is 2.36. The molecular formula is C48H100ClN. The van der Waals surface area contributed by atoms with Gasteiger partial charge in [0, 0.05) is 5.92 Å². The monoisotopic (exact) mass is 726 g/mol. The number of rotatable bonds is 44. The second kappa shape index (κ2) is 47.3. The molecule has 0 aromatic carbocycles. The lowest BCUT2D eigenvalue weighted by atomic mass is 9.93. The summed E-state index contributed by atoms with van der Waals surface area (Å²) in [5.41, 5.74) is 0. The minimum absolute atomic E-state index is 0. The van der Waals surface area contributed by atoms with Gasteiger partial charge in [-0.25, -0.2) is 0 Å². The van der Waals surface area contributed by atoms with E-state index in [2.05, 4.69) is 27.9 Å². The lowest BCUT2D eigenvalue weighted by Gasteiger charge is -2.19. The number of halogens is 1. The Hall–Kier alpha value is 0.250. The highest BCUT2D eigenvalue weighted by atomic mass is 35.5. The van der Waals surface area contributed by atoms with E-state index in [0.29, 0.717) is 0 Å². The Morgan fingerprint density at radius 2 is 0.420 bits per heavy atom. The summed E-state index contributed by atoms with van der Waals surface area (Å²) in [5, 5.41) is 0. The van der Waals surface area contributed by atoms with E-state index in [1.165, 1.54) is 276 Å². The van der Waals surface area contributed by atoms with E-state index in [0.717, 1.165) is 5.92 Å². The molecule has 304 valence electrons. The molecule has 0 rings (SSSR count). The van der Waals surface area contributed by atoms with E-state index < -0.39 is 0 Å². The molecular weight excluding hydrogens is 626 g/mol. The number of nitrogens with one attached hydrogen (secondary N) is 1. The molecule has 0 amide bonds. The highest BCUT2D eigenvalue weighted by molar-refractivity contribution is 4.60. The smallest absolute Gasteiger partial charge is 0.0795 e. The van der Waals surface area contributed by atoms with Gasteiger partial charge >= 0.3 is 0 Å². The van der Waals surface area contributed by atoms with Crippen LogP contribution in [0.4, 0.5) is 0 Å². The molecule has 0 unspecified atom stereocenters. The van der Waals surface area contributed by atoms with Crippen molar-refractivity contribution in [3.63, 3.8) is 0 Å². The van der Waals surface area contributed by atoms with Crippen LogP contribution in [0.25, 0.3) is 0 Å². The molecule has 0 aliphatic rings. The lowest BCUT2D eigenvalue weighted by molar-refractivity contribution is -0.862. The van der Waals surface area contributed by atoms with Crippen LogP contribution in [0.1, 0.15) is 284 Å². The molecule has 1 nitrogen and oxygen atoms in total. The number of hydrogen-bond acceptors (Lipinski definition) is 0. The third-order valence-corrected chi connectivity index (χ3v) is 11.6. The first-order valence-corrected chi connectivity index (χ1v) is 24.0. The van der Waals surface area contributed by atoms with Gasteiger partial charge in [-0.2, -0.15) is 0 Å². The van der Waals surface area contributed by atoms with Gasteiger partial charge in [0.1, 0.15) is 0 Å². The van der Waals surface area contributed by atoms with Gasteiger partial charge in [0.05, 0.1) is 20.6 Å². The van der Waals surface area contributed by atoms with Gasteiger partial charge in [0.25, 0.3) is 0 Å². The van der Waals surface area contributed by atoms with Crippen molar-refractivity contribution in [1.29, 1.82) is 0 Å². The van der Waals surface area contributed by atoms with E-state index in [1.54, 1.807) is 4.90 Å². The van der Waals surface area contributed by atoms with Crippen molar-refractivity contribution in [2.75, 3.05) is 20.6 Å². The minimum Gasteiger partial charge on any atom is -1.00 e. The van der Waals surface area contributed by atoms with Crippen LogP contribution >= 0.6 is 0 Å². The lowest BCUT2D eigenvalue weighted by Crippen LogP contribution is -3.06. The second-order valence-electron chi connectivity index (χ2n) is 17.3. The van der Waals surface area contributed by atoms with Gasteiger partial charge in [-0.3, -0.25) is 0 Å². The van der Waals surface area contributed by atoms with Crippen molar-refractivity contribution >= 4 is 0 Å². The molecule has 0 fully saturated rings. The van der Waals surface area contributed by atoms with E-state index in [1.807, 2.05) is 0 Å². The Labute approximate surface area is 326 Å². The second-order valence-corrected chi connectivity index (χ2v) is 17.3. The topological polar surface area (TPSA) is 4.44 Å². The van der Waals surface area contributed by atoms with Crippen LogP contribution in [0, 0.1) is 5.92 Å². The fourth-order valence-corrected chi connectivity index (χ4v) is 8.30. The van der Waals surface area contributed by atoms with Gasteiger partial charge in [-0.15, -0.1) is 0 Å². The molecule has 0 aromatic heterocycles. The third kappa shape index (κ3) is 46.3. The highest BCUT2D eigenvalue weighted by Gasteiger charge is 2.12. The van der Waals surface area contributed by atoms with E-state index in [-0.39, 0.29) is 12.4 Å². The molecule has 0 atom stereocenters. The van der Waals surface area contributed by atoms with E-state index in [9.17, 15) is 0 Å². The number of hydrogen-bond donors (Lipinski definition) is 1. The van der Waals surface area contributed by atoms with Crippen LogP contribution in [0.15, 0.2) is 0 Å². The van der Waals surface area contributed by atoms with Crippen molar-refractivity contribution in [2.45, 2.75) is 284 Å². The largest absolute Gasteiger partial charge is 1.00 e. The molecule has 0 bridgehead atoms. The molecule has 0 spiro atoms. The fourth-order valence-electron chi connectivity index (χ4n) is 8.30. The number of unbranched alkanes of at least 4 members (excludes halogenated alkanes) is 38. The van der Waals surface area contributed by atoms with Gasteiger partial charge < -0.3 is 17.3 Å². The molecule has 0 aromatic rings. The van der Waals surface area contributed by atoms with Crippen LogP contribution < -0.4 is 17.3 Å². The first kappa shape index (κ1) is 52.4. The van der Waals surface area contributed by atoms with Crippen molar-refractivity contribution < 1.29 is 17.3 Å². The molecule has 0 aliphatic carbocycles. The summed E-state index contributed by atoms with van der Waals surface area (Å²) in [4.78, 5) is 1.66. The maximum Gasteiger partial charge on any atom is 0.0795 e. The highest BCUT2D eigenvalue weighted by Crippen LogP contribution is 2.20. The van der Waals surface area contributed by atoms with Crippen molar-refractivity contribution in [3.05, 3.63) is 0 Å². The zero-order valence-electron chi connectivity index (χ0n) is 35.9. The summed E-state index contributed by atoms with van der Waals surface area (Å²) in [7, 11) is 4.73. The summed E-state index contributed by atoms with van der Waals surface area (Å²) in [6, 6.07) is 0.